The van der Waals surface area contributed by atoms with E-state index in [0.717, 1.165) is 5.75 Å². The Labute approximate surface area is 52.6 Å². The molecule has 1 atom stereocenters. The van der Waals surface area contributed by atoms with Crippen molar-refractivity contribution in [3.05, 3.63) is 0 Å². The van der Waals surface area contributed by atoms with E-state index in [1.807, 2.05) is 6.92 Å². The Morgan fingerprint density at radius 1 is 1.88 bits per heavy atom. The molecular formula is C5H8O2S. The van der Waals surface area contributed by atoms with Gasteiger partial charge in [-0.2, -0.15) is 0 Å². The summed E-state index contributed by atoms with van der Waals surface area (Å²) in [7, 11) is 0. The zero-order chi connectivity index (χ0) is 5.98. The smallest absolute Gasteiger partial charge is 0.316 e. The lowest BCUT2D eigenvalue weighted by Gasteiger charge is -2.16. The molecule has 1 heterocycles. The second kappa shape index (κ2) is 2.40. The van der Waals surface area contributed by atoms with Crippen molar-refractivity contribution in [2.24, 2.45) is 0 Å². The molecule has 8 heavy (non-hydrogen) atoms. The van der Waals surface area contributed by atoms with Crippen molar-refractivity contribution in [3.8, 4) is 0 Å². The number of esters is 1. The third-order valence-electron chi connectivity index (χ3n) is 0.905. The molecule has 1 aliphatic heterocycles. The number of hydrogen-bond donors (Lipinski definition) is 0. The van der Waals surface area contributed by atoms with Gasteiger partial charge in [0.25, 0.3) is 0 Å². The maximum atomic E-state index is 10.4. The molecule has 0 N–H and O–H groups in total. The summed E-state index contributed by atoms with van der Waals surface area (Å²) in [4.78, 5) is 10.4. The number of carbonyl (C=O) groups is 1. The first-order valence-corrected chi connectivity index (χ1v) is 3.72. The van der Waals surface area contributed by atoms with Crippen LogP contribution in [0.3, 0.4) is 0 Å². The highest BCUT2D eigenvalue weighted by atomic mass is 32.2. The Balaban J connectivity index is 2.34. The van der Waals surface area contributed by atoms with Gasteiger partial charge in [0.15, 0.2) is 0 Å². The molecular weight excluding hydrogens is 124 g/mol. The lowest BCUT2D eigenvalue weighted by Crippen LogP contribution is -2.24. The van der Waals surface area contributed by atoms with E-state index in [1.54, 1.807) is 11.8 Å². The Hall–Kier alpha value is -0.180. The molecule has 0 spiro atoms. The van der Waals surface area contributed by atoms with Crippen molar-refractivity contribution in [2.75, 3.05) is 11.5 Å². The zero-order valence-electron chi connectivity index (χ0n) is 4.72. The molecule has 0 bridgehead atoms. The fourth-order valence-corrected chi connectivity index (χ4v) is 1.35. The van der Waals surface area contributed by atoms with Gasteiger partial charge in [-0.05, 0) is 6.92 Å². The molecule has 1 rings (SSSR count). The van der Waals surface area contributed by atoms with E-state index in [9.17, 15) is 4.79 Å². The van der Waals surface area contributed by atoms with E-state index >= 15 is 0 Å². The van der Waals surface area contributed by atoms with Gasteiger partial charge in [-0.1, -0.05) is 0 Å². The van der Waals surface area contributed by atoms with Crippen molar-refractivity contribution >= 4 is 17.7 Å². The van der Waals surface area contributed by atoms with E-state index in [2.05, 4.69) is 0 Å². The highest BCUT2D eigenvalue weighted by molar-refractivity contribution is 8.00. The summed E-state index contributed by atoms with van der Waals surface area (Å²) < 4.78 is 4.83. The van der Waals surface area contributed by atoms with E-state index in [-0.39, 0.29) is 12.1 Å². The van der Waals surface area contributed by atoms with Crippen molar-refractivity contribution < 1.29 is 9.53 Å². The molecule has 2 nitrogen and oxygen atoms in total. The van der Waals surface area contributed by atoms with Gasteiger partial charge >= 0.3 is 5.97 Å². The van der Waals surface area contributed by atoms with E-state index in [0.29, 0.717) is 5.75 Å². The van der Waals surface area contributed by atoms with Crippen LogP contribution in [0.2, 0.25) is 0 Å². The monoisotopic (exact) mass is 132 g/mol. The normalized spacial score (nSPS) is 29.6. The van der Waals surface area contributed by atoms with Gasteiger partial charge in [0.1, 0.15) is 6.10 Å². The van der Waals surface area contributed by atoms with Crippen LogP contribution in [0.15, 0.2) is 0 Å². The average Bonchev–Trinajstić information content (AvgIpc) is 1.64. The molecule has 46 valence electrons. The Morgan fingerprint density at radius 3 is 3.00 bits per heavy atom. The second-order valence-corrected chi connectivity index (χ2v) is 2.85. The van der Waals surface area contributed by atoms with Crippen LogP contribution in [0.1, 0.15) is 6.92 Å². The largest absolute Gasteiger partial charge is 0.461 e. The van der Waals surface area contributed by atoms with Crippen LogP contribution in [0.5, 0.6) is 0 Å². The third kappa shape index (κ3) is 1.40. The van der Waals surface area contributed by atoms with Crippen molar-refractivity contribution in [2.45, 2.75) is 13.0 Å². The topological polar surface area (TPSA) is 26.3 Å². The Bertz CT molecular complexity index is 103. The Kier molecular flexibility index (Phi) is 1.78. The Morgan fingerprint density at radius 2 is 2.62 bits per heavy atom. The summed E-state index contributed by atoms with van der Waals surface area (Å²) in [6, 6.07) is 0. The molecule has 1 aliphatic rings. The van der Waals surface area contributed by atoms with Crippen molar-refractivity contribution in [1.29, 1.82) is 0 Å². The highest BCUT2D eigenvalue weighted by Crippen LogP contribution is 2.12. The number of ether oxygens (including phenoxy) is 1. The van der Waals surface area contributed by atoms with Crippen LogP contribution in [0.25, 0.3) is 0 Å². The molecule has 0 aromatic heterocycles. The standard InChI is InChI=1S/C5H8O2S/c1-4-2-8-3-5(6)7-4/h4H,2-3H2,1H3/t4-/m1/s1. The van der Waals surface area contributed by atoms with Gasteiger partial charge in [-0.25, -0.2) is 0 Å². The molecule has 1 fully saturated rings. The number of cyclic esters (lactones) is 1. The van der Waals surface area contributed by atoms with Gasteiger partial charge in [-0.3, -0.25) is 4.79 Å². The number of carbonyl (C=O) groups excluding carboxylic acids is 1. The minimum atomic E-state index is -0.0752. The van der Waals surface area contributed by atoms with E-state index in [4.69, 9.17) is 4.74 Å². The van der Waals surface area contributed by atoms with Gasteiger partial charge in [0, 0.05) is 5.75 Å². The maximum Gasteiger partial charge on any atom is 0.316 e. The predicted molar refractivity (Wildman–Crippen MR) is 32.9 cm³/mol. The minimum absolute atomic E-state index is 0.0752. The third-order valence-corrected chi connectivity index (χ3v) is 2.05. The summed E-state index contributed by atoms with van der Waals surface area (Å²) in [6.45, 7) is 1.91. The fraction of sp³-hybridized carbons (Fsp3) is 0.800. The molecule has 0 unspecified atom stereocenters. The summed E-state index contributed by atoms with van der Waals surface area (Å²) >= 11 is 1.64. The van der Waals surface area contributed by atoms with E-state index in [1.165, 1.54) is 0 Å². The first-order valence-electron chi connectivity index (χ1n) is 2.56. The van der Waals surface area contributed by atoms with Crippen LogP contribution >= 0.6 is 11.8 Å². The lowest BCUT2D eigenvalue weighted by molar-refractivity contribution is -0.144. The highest BCUT2D eigenvalue weighted by Gasteiger charge is 2.15. The van der Waals surface area contributed by atoms with E-state index < -0.39 is 0 Å². The van der Waals surface area contributed by atoms with Gasteiger partial charge < -0.3 is 4.74 Å². The molecule has 0 aromatic carbocycles. The molecule has 0 aliphatic carbocycles. The van der Waals surface area contributed by atoms with Gasteiger partial charge in [0.2, 0.25) is 0 Å². The first-order chi connectivity index (χ1) is 3.79. The molecule has 1 saturated heterocycles. The van der Waals surface area contributed by atoms with Crippen molar-refractivity contribution in [3.63, 3.8) is 0 Å². The van der Waals surface area contributed by atoms with Crippen LogP contribution in [0, 0.1) is 0 Å². The maximum absolute atomic E-state index is 10.4. The molecule has 0 radical (unpaired) electrons. The number of hydrogen-bond acceptors (Lipinski definition) is 3. The average molecular weight is 132 g/mol. The van der Waals surface area contributed by atoms with Crippen LogP contribution in [0.4, 0.5) is 0 Å². The fourth-order valence-electron chi connectivity index (χ4n) is 0.601. The molecule has 3 heteroatoms. The minimum Gasteiger partial charge on any atom is -0.461 e. The molecule has 0 amide bonds. The first kappa shape index (κ1) is 5.95. The SMILES string of the molecule is C[C@@H]1CSCC(=O)O1. The molecule has 0 aromatic rings. The number of rotatable bonds is 0. The number of thioether (sulfide) groups is 1. The van der Waals surface area contributed by atoms with Crippen LogP contribution in [-0.2, 0) is 9.53 Å². The summed E-state index contributed by atoms with van der Waals surface area (Å²) in [6.07, 6.45) is 0.126. The van der Waals surface area contributed by atoms with Crippen LogP contribution in [-0.4, -0.2) is 23.6 Å². The molecule has 0 saturated carbocycles. The van der Waals surface area contributed by atoms with Gasteiger partial charge in [0.05, 0.1) is 5.75 Å². The van der Waals surface area contributed by atoms with Crippen LogP contribution < -0.4 is 0 Å². The predicted octanol–water partition coefficient (Wildman–Crippen LogP) is 0.665. The quantitative estimate of drug-likeness (QED) is 0.453. The van der Waals surface area contributed by atoms with Gasteiger partial charge in [-0.15, -0.1) is 11.8 Å². The summed E-state index contributed by atoms with van der Waals surface area (Å²) in [5, 5.41) is 0. The second-order valence-electron chi connectivity index (χ2n) is 1.82. The zero-order valence-corrected chi connectivity index (χ0v) is 5.53. The van der Waals surface area contributed by atoms with Crippen molar-refractivity contribution in [1.82, 2.24) is 0 Å². The lowest BCUT2D eigenvalue weighted by atomic mass is 10.5. The summed E-state index contributed by atoms with van der Waals surface area (Å²) in [5.41, 5.74) is 0. The summed E-state index contributed by atoms with van der Waals surface area (Å²) in [5.74, 6) is 1.41.